The maximum atomic E-state index is 12.4. The van der Waals surface area contributed by atoms with Crippen molar-refractivity contribution in [2.75, 3.05) is 26.7 Å². The van der Waals surface area contributed by atoms with Gasteiger partial charge in [0.2, 0.25) is 5.91 Å². The SMILES string of the molecule is COc1cccc(C(=O)NCCC(=O)N2CCC(c3nccn3C)CC2)c1. The number of hydrogen-bond acceptors (Lipinski definition) is 4. The molecule has 2 amide bonds. The summed E-state index contributed by atoms with van der Waals surface area (Å²) in [7, 11) is 3.57. The fraction of sp³-hybridized carbons (Fsp3) is 0.450. The number of aryl methyl sites for hydroxylation is 1. The Kier molecular flexibility index (Phi) is 6.11. The summed E-state index contributed by atoms with van der Waals surface area (Å²) in [6.45, 7) is 1.80. The fourth-order valence-corrected chi connectivity index (χ4v) is 3.47. The van der Waals surface area contributed by atoms with Crippen molar-refractivity contribution in [3.8, 4) is 5.75 Å². The molecule has 0 unspecified atom stereocenters. The summed E-state index contributed by atoms with van der Waals surface area (Å²) in [5.74, 6) is 2.01. The summed E-state index contributed by atoms with van der Waals surface area (Å²) in [5, 5.41) is 2.80. The van der Waals surface area contributed by atoms with Gasteiger partial charge in [-0.05, 0) is 31.0 Å². The van der Waals surface area contributed by atoms with Crippen molar-refractivity contribution < 1.29 is 14.3 Å². The zero-order valence-corrected chi connectivity index (χ0v) is 15.9. The second kappa shape index (κ2) is 8.70. The maximum Gasteiger partial charge on any atom is 0.251 e. The van der Waals surface area contributed by atoms with Gasteiger partial charge in [-0.15, -0.1) is 0 Å². The highest BCUT2D eigenvalue weighted by atomic mass is 16.5. The van der Waals surface area contributed by atoms with Crippen LogP contribution >= 0.6 is 0 Å². The number of aromatic nitrogens is 2. The largest absolute Gasteiger partial charge is 0.497 e. The molecule has 0 spiro atoms. The van der Waals surface area contributed by atoms with E-state index < -0.39 is 0 Å². The molecule has 7 nitrogen and oxygen atoms in total. The Morgan fingerprint density at radius 2 is 2.07 bits per heavy atom. The number of benzene rings is 1. The molecule has 7 heteroatoms. The van der Waals surface area contributed by atoms with E-state index in [4.69, 9.17) is 4.74 Å². The Labute approximate surface area is 159 Å². The summed E-state index contributed by atoms with van der Waals surface area (Å²) in [4.78, 5) is 30.9. The van der Waals surface area contributed by atoms with Crippen LogP contribution in [0.2, 0.25) is 0 Å². The van der Waals surface area contributed by atoms with E-state index >= 15 is 0 Å². The lowest BCUT2D eigenvalue weighted by molar-refractivity contribution is -0.132. The molecule has 0 bridgehead atoms. The number of nitrogens with one attached hydrogen (secondary N) is 1. The van der Waals surface area contributed by atoms with E-state index in [0.29, 0.717) is 30.2 Å². The highest BCUT2D eigenvalue weighted by molar-refractivity contribution is 5.94. The first-order valence-corrected chi connectivity index (χ1v) is 9.25. The molecule has 27 heavy (non-hydrogen) atoms. The van der Waals surface area contributed by atoms with Crippen LogP contribution in [0.1, 0.15) is 41.4 Å². The third-order valence-corrected chi connectivity index (χ3v) is 5.03. The van der Waals surface area contributed by atoms with Crippen molar-refractivity contribution in [3.63, 3.8) is 0 Å². The zero-order valence-electron chi connectivity index (χ0n) is 15.9. The number of rotatable bonds is 6. The molecule has 1 aliphatic rings. The van der Waals surface area contributed by atoms with Crippen molar-refractivity contribution in [2.24, 2.45) is 7.05 Å². The van der Waals surface area contributed by atoms with Crippen molar-refractivity contribution in [3.05, 3.63) is 48.0 Å². The Balaban J connectivity index is 1.42. The van der Waals surface area contributed by atoms with Gasteiger partial charge in [-0.1, -0.05) is 6.07 Å². The minimum absolute atomic E-state index is 0.0826. The molecular formula is C20H26N4O3. The molecule has 1 saturated heterocycles. The Morgan fingerprint density at radius 3 is 2.74 bits per heavy atom. The van der Waals surface area contributed by atoms with Crippen LogP contribution in [0.3, 0.4) is 0 Å². The van der Waals surface area contributed by atoms with Crippen LogP contribution in [0.15, 0.2) is 36.7 Å². The molecule has 2 aromatic rings. The number of imidazole rings is 1. The third-order valence-electron chi connectivity index (χ3n) is 5.03. The standard InChI is InChI=1S/C20H26N4O3/c1-23-13-10-21-19(23)15-7-11-24(12-8-15)18(25)6-9-22-20(26)16-4-3-5-17(14-16)27-2/h3-5,10,13-15H,6-9,11-12H2,1-2H3,(H,22,26). The van der Waals surface area contributed by atoms with Crippen LogP contribution in [-0.4, -0.2) is 53.0 Å². The van der Waals surface area contributed by atoms with Gasteiger partial charge < -0.3 is 19.5 Å². The molecule has 1 N–H and O–H groups in total. The molecule has 1 aromatic heterocycles. The van der Waals surface area contributed by atoms with Gasteiger partial charge >= 0.3 is 0 Å². The van der Waals surface area contributed by atoms with Gasteiger partial charge in [0.25, 0.3) is 5.91 Å². The van der Waals surface area contributed by atoms with Crippen LogP contribution in [0.5, 0.6) is 5.75 Å². The number of carbonyl (C=O) groups is 2. The summed E-state index contributed by atoms with van der Waals surface area (Å²) in [6, 6.07) is 6.96. The summed E-state index contributed by atoms with van der Waals surface area (Å²) in [5.41, 5.74) is 0.526. The topological polar surface area (TPSA) is 76.5 Å². The van der Waals surface area contributed by atoms with Crippen LogP contribution in [0, 0.1) is 0 Å². The Bertz CT molecular complexity index is 794. The number of amides is 2. The lowest BCUT2D eigenvalue weighted by Gasteiger charge is -2.31. The molecule has 144 valence electrons. The van der Waals surface area contributed by atoms with Gasteiger partial charge in [-0.2, -0.15) is 0 Å². The Hall–Kier alpha value is -2.83. The molecule has 1 aliphatic heterocycles. The van der Waals surface area contributed by atoms with E-state index in [1.807, 2.05) is 24.3 Å². The van der Waals surface area contributed by atoms with Crippen LogP contribution in [0.4, 0.5) is 0 Å². The number of ether oxygens (including phenoxy) is 1. The van der Waals surface area contributed by atoms with Crippen molar-refractivity contribution in [2.45, 2.75) is 25.2 Å². The lowest BCUT2D eigenvalue weighted by atomic mass is 9.95. The van der Waals surface area contributed by atoms with E-state index in [0.717, 1.165) is 31.8 Å². The summed E-state index contributed by atoms with van der Waals surface area (Å²) in [6.07, 6.45) is 5.93. The maximum absolute atomic E-state index is 12.4. The quantitative estimate of drug-likeness (QED) is 0.843. The second-order valence-electron chi connectivity index (χ2n) is 6.79. The molecular weight excluding hydrogens is 344 g/mol. The van der Waals surface area contributed by atoms with E-state index in [1.54, 1.807) is 31.4 Å². The lowest BCUT2D eigenvalue weighted by Crippen LogP contribution is -2.40. The minimum Gasteiger partial charge on any atom is -0.497 e. The molecule has 2 heterocycles. The van der Waals surface area contributed by atoms with Crippen molar-refractivity contribution >= 4 is 11.8 Å². The first kappa shape index (κ1) is 18.9. The minimum atomic E-state index is -0.199. The number of carbonyl (C=O) groups excluding carboxylic acids is 2. The number of nitrogens with zero attached hydrogens (tertiary/aromatic N) is 3. The number of methoxy groups -OCH3 is 1. The average molecular weight is 370 g/mol. The molecule has 1 fully saturated rings. The first-order chi connectivity index (χ1) is 13.1. The summed E-state index contributed by atoms with van der Waals surface area (Å²) < 4.78 is 7.17. The predicted molar refractivity (Wildman–Crippen MR) is 102 cm³/mol. The van der Waals surface area contributed by atoms with E-state index in [2.05, 4.69) is 14.9 Å². The van der Waals surface area contributed by atoms with Gasteiger partial charge in [-0.25, -0.2) is 4.98 Å². The van der Waals surface area contributed by atoms with Gasteiger partial charge in [0, 0.05) is 57.0 Å². The van der Waals surface area contributed by atoms with Crippen LogP contribution in [-0.2, 0) is 11.8 Å². The van der Waals surface area contributed by atoms with Crippen molar-refractivity contribution in [1.82, 2.24) is 19.8 Å². The molecule has 0 atom stereocenters. The van der Waals surface area contributed by atoms with Crippen LogP contribution < -0.4 is 10.1 Å². The number of hydrogen-bond donors (Lipinski definition) is 1. The van der Waals surface area contributed by atoms with E-state index in [-0.39, 0.29) is 11.8 Å². The Morgan fingerprint density at radius 1 is 1.30 bits per heavy atom. The smallest absolute Gasteiger partial charge is 0.251 e. The van der Waals surface area contributed by atoms with Gasteiger partial charge in [-0.3, -0.25) is 9.59 Å². The van der Waals surface area contributed by atoms with Crippen LogP contribution in [0.25, 0.3) is 0 Å². The second-order valence-corrected chi connectivity index (χ2v) is 6.79. The molecule has 0 aliphatic carbocycles. The number of likely N-dealkylation sites (tertiary alicyclic amines) is 1. The zero-order chi connectivity index (χ0) is 19.2. The summed E-state index contributed by atoms with van der Waals surface area (Å²) >= 11 is 0. The monoisotopic (exact) mass is 370 g/mol. The molecule has 3 rings (SSSR count). The highest BCUT2D eigenvalue weighted by Crippen LogP contribution is 2.26. The predicted octanol–water partition coefficient (Wildman–Crippen LogP) is 1.95. The first-order valence-electron chi connectivity index (χ1n) is 9.25. The third kappa shape index (κ3) is 4.67. The van der Waals surface area contributed by atoms with Gasteiger partial charge in [0.15, 0.2) is 0 Å². The van der Waals surface area contributed by atoms with E-state index in [9.17, 15) is 9.59 Å². The molecule has 0 saturated carbocycles. The number of piperidine rings is 1. The van der Waals surface area contributed by atoms with E-state index in [1.165, 1.54) is 0 Å². The highest BCUT2D eigenvalue weighted by Gasteiger charge is 2.25. The van der Waals surface area contributed by atoms with Gasteiger partial charge in [0.05, 0.1) is 7.11 Å². The average Bonchev–Trinajstić information content (AvgIpc) is 3.13. The normalized spacial score (nSPS) is 14.8. The fourth-order valence-electron chi connectivity index (χ4n) is 3.47. The van der Waals surface area contributed by atoms with Crippen molar-refractivity contribution in [1.29, 1.82) is 0 Å². The molecule has 0 radical (unpaired) electrons. The molecule has 1 aromatic carbocycles. The van der Waals surface area contributed by atoms with Gasteiger partial charge in [0.1, 0.15) is 11.6 Å².